The fourth-order valence-corrected chi connectivity index (χ4v) is 1.52. The second-order valence-electron chi connectivity index (χ2n) is 3.82. The molecule has 5 nitrogen and oxygen atoms in total. The molecular weight excluding hydrogens is 230 g/mol. The molecule has 0 bridgehead atoms. The molecule has 2 aromatic rings. The molecule has 1 heterocycles. The van der Waals surface area contributed by atoms with Gasteiger partial charge in [0.05, 0.1) is 13.2 Å². The molecule has 18 heavy (non-hydrogen) atoms. The van der Waals surface area contributed by atoms with Crippen LogP contribution in [0.4, 0.5) is 0 Å². The van der Waals surface area contributed by atoms with Crippen LogP contribution in [0.1, 0.15) is 18.4 Å². The first-order valence-corrected chi connectivity index (χ1v) is 5.59. The van der Waals surface area contributed by atoms with Crippen LogP contribution in [0.2, 0.25) is 0 Å². The number of nitrogens with two attached hydrogens (primary N) is 1. The maximum absolute atomic E-state index is 5.86. The van der Waals surface area contributed by atoms with E-state index in [1.165, 1.54) is 0 Å². The summed E-state index contributed by atoms with van der Waals surface area (Å²) in [5.41, 5.74) is 6.71. The van der Waals surface area contributed by atoms with Gasteiger partial charge >= 0.3 is 0 Å². The number of hydrogen-bond acceptors (Lipinski definition) is 5. The molecule has 2 rings (SSSR count). The molecule has 0 spiro atoms. The van der Waals surface area contributed by atoms with Crippen molar-refractivity contribution in [1.29, 1.82) is 0 Å². The maximum atomic E-state index is 5.86. The molecule has 0 radical (unpaired) electrons. The van der Waals surface area contributed by atoms with Gasteiger partial charge in [0.25, 0.3) is 0 Å². The van der Waals surface area contributed by atoms with Crippen molar-refractivity contribution in [1.82, 2.24) is 10.1 Å². The number of benzene rings is 1. The van der Waals surface area contributed by atoms with Crippen molar-refractivity contribution in [3.05, 3.63) is 42.8 Å². The number of methoxy groups -OCH3 is 1. The van der Waals surface area contributed by atoms with Gasteiger partial charge in [0, 0.05) is 5.56 Å². The lowest BCUT2D eigenvalue weighted by atomic mass is 10.2. The highest BCUT2D eigenvalue weighted by Crippen LogP contribution is 2.21. The Bertz CT molecular complexity index is 519. The maximum Gasteiger partial charge on any atom is 0.244 e. The van der Waals surface area contributed by atoms with Crippen molar-refractivity contribution < 1.29 is 9.26 Å². The third-order valence-electron chi connectivity index (χ3n) is 2.53. The predicted octanol–water partition coefficient (Wildman–Crippen LogP) is 2.32. The Balaban J connectivity index is 2.20. The van der Waals surface area contributed by atoms with Crippen LogP contribution in [0.3, 0.4) is 0 Å². The summed E-state index contributed by atoms with van der Waals surface area (Å²) >= 11 is 0. The van der Waals surface area contributed by atoms with E-state index in [1.54, 1.807) is 13.2 Å². The van der Waals surface area contributed by atoms with Crippen LogP contribution in [0.25, 0.3) is 11.4 Å². The first-order chi connectivity index (χ1) is 8.74. The lowest BCUT2D eigenvalue weighted by molar-refractivity contribution is 0.356. The van der Waals surface area contributed by atoms with Gasteiger partial charge in [0.1, 0.15) is 5.75 Å². The third kappa shape index (κ3) is 2.57. The van der Waals surface area contributed by atoms with Crippen LogP contribution in [-0.4, -0.2) is 17.3 Å². The molecule has 1 unspecified atom stereocenters. The van der Waals surface area contributed by atoms with E-state index < -0.39 is 0 Å². The Hall–Kier alpha value is -2.14. The molecule has 0 aliphatic heterocycles. The minimum Gasteiger partial charge on any atom is -0.497 e. The highest BCUT2D eigenvalue weighted by Gasteiger charge is 2.14. The van der Waals surface area contributed by atoms with Crippen molar-refractivity contribution in [2.24, 2.45) is 5.73 Å². The van der Waals surface area contributed by atoms with E-state index in [1.807, 2.05) is 24.3 Å². The van der Waals surface area contributed by atoms with Crippen LogP contribution >= 0.6 is 0 Å². The van der Waals surface area contributed by atoms with E-state index >= 15 is 0 Å². The van der Waals surface area contributed by atoms with E-state index in [4.69, 9.17) is 15.0 Å². The average molecular weight is 245 g/mol. The normalized spacial score (nSPS) is 12.1. The second-order valence-corrected chi connectivity index (χ2v) is 3.82. The zero-order chi connectivity index (χ0) is 13.0. The van der Waals surface area contributed by atoms with Crippen LogP contribution in [0.5, 0.6) is 5.75 Å². The van der Waals surface area contributed by atoms with E-state index in [0.29, 0.717) is 18.1 Å². The van der Waals surface area contributed by atoms with E-state index in [2.05, 4.69) is 16.7 Å². The zero-order valence-electron chi connectivity index (χ0n) is 10.2. The Kier molecular flexibility index (Phi) is 3.74. The standard InChI is InChI=1S/C13H15N3O2/c1-3-4-11(14)13-15-12(16-18-13)9-5-7-10(17-2)8-6-9/h3,5-8,11H,1,4,14H2,2H3. The average Bonchev–Trinajstić information content (AvgIpc) is 2.89. The second kappa shape index (κ2) is 5.46. The molecule has 0 saturated carbocycles. The molecule has 0 aliphatic rings. The molecule has 1 aromatic carbocycles. The molecule has 5 heteroatoms. The van der Waals surface area contributed by atoms with E-state index in [0.717, 1.165) is 11.3 Å². The van der Waals surface area contributed by atoms with Gasteiger partial charge < -0.3 is 15.0 Å². The quantitative estimate of drug-likeness (QED) is 0.818. The summed E-state index contributed by atoms with van der Waals surface area (Å²) in [6, 6.07) is 7.12. The van der Waals surface area contributed by atoms with Crippen molar-refractivity contribution in [3.8, 4) is 17.1 Å². The van der Waals surface area contributed by atoms with Gasteiger partial charge in [-0.25, -0.2) is 0 Å². The summed E-state index contributed by atoms with van der Waals surface area (Å²) < 4.78 is 10.2. The summed E-state index contributed by atoms with van der Waals surface area (Å²) in [5.74, 6) is 1.72. The van der Waals surface area contributed by atoms with Gasteiger partial charge in [-0.3, -0.25) is 0 Å². The zero-order valence-corrected chi connectivity index (χ0v) is 10.2. The highest BCUT2D eigenvalue weighted by molar-refractivity contribution is 5.55. The highest BCUT2D eigenvalue weighted by atomic mass is 16.5. The molecule has 1 aromatic heterocycles. The molecule has 94 valence electrons. The number of ether oxygens (including phenoxy) is 1. The van der Waals surface area contributed by atoms with Gasteiger partial charge in [-0.2, -0.15) is 4.98 Å². The monoisotopic (exact) mass is 245 g/mol. The Labute approximate surface area is 105 Å². The van der Waals surface area contributed by atoms with Crippen molar-refractivity contribution >= 4 is 0 Å². The smallest absolute Gasteiger partial charge is 0.244 e. The van der Waals surface area contributed by atoms with Crippen LogP contribution in [0.15, 0.2) is 41.4 Å². The molecule has 1 atom stereocenters. The van der Waals surface area contributed by atoms with Gasteiger partial charge in [-0.05, 0) is 30.7 Å². The Morgan fingerprint density at radius 3 is 2.78 bits per heavy atom. The SMILES string of the molecule is C=CCC(N)c1nc(-c2ccc(OC)cc2)no1. The van der Waals surface area contributed by atoms with Crippen molar-refractivity contribution in [2.45, 2.75) is 12.5 Å². The fraction of sp³-hybridized carbons (Fsp3) is 0.231. The lowest BCUT2D eigenvalue weighted by Crippen LogP contribution is -2.09. The summed E-state index contributed by atoms with van der Waals surface area (Å²) in [6.45, 7) is 3.63. The fourth-order valence-electron chi connectivity index (χ4n) is 1.52. The van der Waals surface area contributed by atoms with Gasteiger partial charge in [0.15, 0.2) is 0 Å². The molecular formula is C13H15N3O2. The lowest BCUT2D eigenvalue weighted by Gasteiger charge is -2.00. The van der Waals surface area contributed by atoms with Gasteiger partial charge in [-0.15, -0.1) is 6.58 Å². The first-order valence-electron chi connectivity index (χ1n) is 5.59. The van der Waals surface area contributed by atoms with Crippen molar-refractivity contribution in [2.75, 3.05) is 7.11 Å². The minimum absolute atomic E-state index is 0.304. The molecule has 0 amide bonds. The molecule has 0 saturated heterocycles. The number of hydrogen-bond donors (Lipinski definition) is 1. The summed E-state index contributed by atoms with van der Waals surface area (Å²) in [5, 5.41) is 3.90. The number of rotatable bonds is 5. The summed E-state index contributed by atoms with van der Waals surface area (Å²) in [6.07, 6.45) is 2.33. The Morgan fingerprint density at radius 1 is 1.44 bits per heavy atom. The number of nitrogens with zero attached hydrogens (tertiary/aromatic N) is 2. The predicted molar refractivity (Wildman–Crippen MR) is 68.0 cm³/mol. The molecule has 2 N–H and O–H groups in total. The van der Waals surface area contributed by atoms with Gasteiger partial charge in [0.2, 0.25) is 11.7 Å². The van der Waals surface area contributed by atoms with E-state index in [-0.39, 0.29) is 6.04 Å². The largest absolute Gasteiger partial charge is 0.497 e. The Morgan fingerprint density at radius 2 is 2.17 bits per heavy atom. The minimum atomic E-state index is -0.304. The first kappa shape index (κ1) is 12.3. The van der Waals surface area contributed by atoms with Crippen molar-refractivity contribution in [3.63, 3.8) is 0 Å². The topological polar surface area (TPSA) is 74.2 Å². The van der Waals surface area contributed by atoms with Gasteiger partial charge in [-0.1, -0.05) is 11.2 Å². The summed E-state index contributed by atoms with van der Waals surface area (Å²) in [7, 11) is 1.62. The third-order valence-corrected chi connectivity index (χ3v) is 2.53. The number of aromatic nitrogens is 2. The molecule has 0 aliphatic carbocycles. The molecule has 0 fully saturated rings. The van der Waals surface area contributed by atoms with Crippen LogP contribution in [0, 0.1) is 0 Å². The van der Waals surface area contributed by atoms with E-state index in [9.17, 15) is 0 Å². The summed E-state index contributed by atoms with van der Waals surface area (Å²) in [4.78, 5) is 4.26. The van der Waals surface area contributed by atoms with Crippen LogP contribution in [-0.2, 0) is 0 Å². The van der Waals surface area contributed by atoms with Crippen LogP contribution < -0.4 is 10.5 Å².